The van der Waals surface area contributed by atoms with E-state index < -0.39 is 23.1 Å². The lowest BCUT2D eigenvalue weighted by Crippen LogP contribution is -2.28. The van der Waals surface area contributed by atoms with Crippen molar-refractivity contribution in [2.45, 2.75) is 18.4 Å². The molecule has 2 aromatic rings. The lowest BCUT2D eigenvalue weighted by molar-refractivity contribution is 0.0942. The van der Waals surface area contributed by atoms with Gasteiger partial charge in [0.15, 0.2) is 0 Å². The van der Waals surface area contributed by atoms with Crippen LogP contribution in [0.5, 0.6) is 0 Å². The van der Waals surface area contributed by atoms with E-state index in [2.05, 4.69) is 5.32 Å². The zero-order valence-electron chi connectivity index (χ0n) is 10.9. The zero-order valence-corrected chi connectivity index (χ0v) is 11.7. The summed E-state index contributed by atoms with van der Waals surface area (Å²) in [5.41, 5.74) is 0.526. The molecule has 0 aliphatic heterocycles. The van der Waals surface area contributed by atoms with Gasteiger partial charge in [-0.1, -0.05) is 29.8 Å². The highest BCUT2D eigenvalue weighted by Crippen LogP contribution is 2.41. The Labute approximate surface area is 125 Å². The lowest BCUT2D eigenvalue weighted by Gasteiger charge is -2.07. The predicted molar refractivity (Wildman–Crippen MR) is 76.4 cm³/mol. The van der Waals surface area contributed by atoms with E-state index in [0.29, 0.717) is 5.02 Å². The monoisotopic (exact) mass is 307 g/mol. The molecule has 0 saturated heterocycles. The molecule has 0 unspecified atom stereocenters. The van der Waals surface area contributed by atoms with Crippen molar-refractivity contribution in [3.63, 3.8) is 0 Å². The van der Waals surface area contributed by atoms with Gasteiger partial charge in [-0.2, -0.15) is 0 Å². The Morgan fingerprint density at radius 3 is 2.33 bits per heavy atom. The Kier molecular flexibility index (Phi) is 3.64. The first kappa shape index (κ1) is 14.0. The maximum absolute atomic E-state index is 13.5. The Morgan fingerprint density at radius 2 is 1.71 bits per heavy atom. The Morgan fingerprint density at radius 1 is 1.10 bits per heavy atom. The molecule has 2 nitrogen and oxygen atoms in total. The van der Waals surface area contributed by atoms with Crippen LogP contribution >= 0.6 is 11.6 Å². The first-order chi connectivity index (χ1) is 10.1. The van der Waals surface area contributed by atoms with Gasteiger partial charge >= 0.3 is 0 Å². The van der Waals surface area contributed by atoms with E-state index in [4.69, 9.17) is 11.6 Å². The maximum atomic E-state index is 13.5. The number of rotatable bonds is 3. The number of nitrogens with one attached hydrogen (secondary N) is 1. The van der Waals surface area contributed by atoms with E-state index in [-0.39, 0.29) is 12.0 Å². The van der Waals surface area contributed by atoms with Crippen LogP contribution in [0.1, 0.15) is 28.3 Å². The van der Waals surface area contributed by atoms with Gasteiger partial charge in [0, 0.05) is 17.0 Å². The summed E-state index contributed by atoms with van der Waals surface area (Å²) in [6, 6.07) is 10.6. The van der Waals surface area contributed by atoms with Gasteiger partial charge in [0.05, 0.1) is 0 Å². The fourth-order valence-corrected chi connectivity index (χ4v) is 2.51. The molecule has 2 aromatic carbocycles. The molecule has 5 heteroatoms. The van der Waals surface area contributed by atoms with Gasteiger partial charge in [-0.25, -0.2) is 8.78 Å². The normalized spacial score (nSPS) is 20.1. The third kappa shape index (κ3) is 2.90. The second-order valence-electron chi connectivity index (χ2n) is 5.07. The van der Waals surface area contributed by atoms with Gasteiger partial charge in [-0.3, -0.25) is 4.79 Å². The van der Waals surface area contributed by atoms with E-state index in [1.807, 2.05) is 12.1 Å². The van der Waals surface area contributed by atoms with Crippen molar-refractivity contribution in [3.05, 3.63) is 70.2 Å². The molecule has 2 atom stereocenters. The van der Waals surface area contributed by atoms with Gasteiger partial charge in [-0.15, -0.1) is 0 Å². The highest BCUT2D eigenvalue weighted by atomic mass is 35.5. The standard InChI is InChI=1S/C16H12ClF2NO/c17-10-6-4-9(5-7-10)11-8-14(11)20-16(21)15-12(18)2-1-3-13(15)19/h1-7,11,14H,8H2,(H,20,21)/t11-,14+/m1/s1. The van der Waals surface area contributed by atoms with E-state index in [9.17, 15) is 13.6 Å². The second kappa shape index (κ2) is 5.45. The van der Waals surface area contributed by atoms with Crippen molar-refractivity contribution in [2.75, 3.05) is 0 Å². The third-order valence-corrected chi connectivity index (χ3v) is 3.85. The molecule has 0 bridgehead atoms. The third-order valence-electron chi connectivity index (χ3n) is 3.59. The number of halogens is 3. The summed E-state index contributed by atoms with van der Waals surface area (Å²) in [5.74, 6) is -2.25. The highest BCUT2D eigenvalue weighted by molar-refractivity contribution is 6.30. The molecule has 1 fully saturated rings. The Hall–Kier alpha value is -1.94. The molecule has 1 amide bonds. The van der Waals surface area contributed by atoms with Crippen LogP contribution in [0.25, 0.3) is 0 Å². The average Bonchev–Trinajstić information content (AvgIpc) is 3.18. The van der Waals surface area contributed by atoms with Crippen molar-refractivity contribution < 1.29 is 13.6 Å². The molecule has 1 N–H and O–H groups in total. The summed E-state index contributed by atoms with van der Waals surface area (Å²) >= 11 is 5.82. The van der Waals surface area contributed by atoms with Crippen molar-refractivity contribution in [3.8, 4) is 0 Å². The average molecular weight is 308 g/mol. The van der Waals surface area contributed by atoms with Gasteiger partial charge in [0.25, 0.3) is 5.91 Å². The van der Waals surface area contributed by atoms with Crippen molar-refractivity contribution in [1.29, 1.82) is 0 Å². The maximum Gasteiger partial charge on any atom is 0.257 e. The first-order valence-electron chi connectivity index (χ1n) is 6.56. The SMILES string of the molecule is O=C(N[C@H]1C[C@@H]1c1ccc(Cl)cc1)c1c(F)cccc1F. The topological polar surface area (TPSA) is 29.1 Å². The number of carbonyl (C=O) groups excluding carboxylic acids is 1. The number of benzene rings is 2. The van der Waals surface area contributed by atoms with Crippen LogP contribution in [-0.2, 0) is 0 Å². The van der Waals surface area contributed by atoms with Gasteiger partial charge in [0.2, 0.25) is 0 Å². The fraction of sp³-hybridized carbons (Fsp3) is 0.188. The zero-order chi connectivity index (χ0) is 15.0. The molecule has 21 heavy (non-hydrogen) atoms. The Bertz CT molecular complexity index is 667. The first-order valence-corrected chi connectivity index (χ1v) is 6.94. The molecular formula is C16H12ClF2NO. The van der Waals surface area contributed by atoms with Crippen molar-refractivity contribution in [2.24, 2.45) is 0 Å². The van der Waals surface area contributed by atoms with Crippen LogP contribution < -0.4 is 5.32 Å². The summed E-state index contributed by atoms with van der Waals surface area (Å²) in [7, 11) is 0. The molecule has 0 spiro atoms. The number of amides is 1. The van der Waals surface area contributed by atoms with E-state index in [0.717, 1.165) is 24.1 Å². The molecule has 3 rings (SSSR count). The highest BCUT2D eigenvalue weighted by Gasteiger charge is 2.40. The van der Waals surface area contributed by atoms with Crippen LogP contribution in [-0.4, -0.2) is 11.9 Å². The van der Waals surface area contributed by atoms with E-state index in [1.165, 1.54) is 6.07 Å². The molecule has 1 aliphatic carbocycles. The molecule has 0 heterocycles. The minimum atomic E-state index is -0.851. The van der Waals surface area contributed by atoms with Crippen molar-refractivity contribution in [1.82, 2.24) is 5.32 Å². The smallest absolute Gasteiger partial charge is 0.257 e. The van der Waals surface area contributed by atoms with Gasteiger partial charge < -0.3 is 5.32 Å². The quantitative estimate of drug-likeness (QED) is 0.915. The van der Waals surface area contributed by atoms with Crippen LogP contribution in [0.2, 0.25) is 5.02 Å². The summed E-state index contributed by atoms with van der Waals surface area (Å²) in [4.78, 5) is 12.0. The van der Waals surface area contributed by atoms with E-state index in [1.54, 1.807) is 12.1 Å². The van der Waals surface area contributed by atoms with Crippen LogP contribution in [0.3, 0.4) is 0 Å². The minimum absolute atomic E-state index is 0.0994. The molecule has 1 saturated carbocycles. The van der Waals surface area contributed by atoms with Gasteiger partial charge in [-0.05, 0) is 36.2 Å². The molecule has 0 aromatic heterocycles. The van der Waals surface area contributed by atoms with Gasteiger partial charge in [0.1, 0.15) is 17.2 Å². The minimum Gasteiger partial charge on any atom is -0.348 e. The predicted octanol–water partition coefficient (Wildman–Crippen LogP) is 3.90. The number of hydrogen-bond donors (Lipinski definition) is 1. The molecule has 108 valence electrons. The summed E-state index contributed by atoms with van der Waals surface area (Å²) in [6.07, 6.45) is 0.753. The number of hydrogen-bond acceptors (Lipinski definition) is 1. The molecular weight excluding hydrogens is 296 g/mol. The molecule has 1 aliphatic rings. The van der Waals surface area contributed by atoms with Crippen molar-refractivity contribution >= 4 is 17.5 Å². The summed E-state index contributed by atoms with van der Waals surface area (Å²) < 4.78 is 27.0. The largest absolute Gasteiger partial charge is 0.348 e. The number of carbonyl (C=O) groups is 1. The van der Waals surface area contributed by atoms with E-state index >= 15 is 0 Å². The summed E-state index contributed by atoms with van der Waals surface area (Å²) in [5, 5.41) is 3.31. The summed E-state index contributed by atoms with van der Waals surface area (Å²) in [6.45, 7) is 0. The van der Waals surface area contributed by atoms with Crippen LogP contribution in [0, 0.1) is 11.6 Å². The van der Waals surface area contributed by atoms with Crippen LogP contribution in [0.15, 0.2) is 42.5 Å². The van der Waals surface area contributed by atoms with Crippen LogP contribution in [0.4, 0.5) is 8.78 Å². The second-order valence-corrected chi connectivity index (χ2v) is 5.51. The lowest BCUT2D eigenvalue weighted by atomic mass is 10.1. The molecule has 0 radical (unpaired) electrons. The fourth-order valence-electron chi connectivity index (χ4n) is 2.39. The Balaban J connectivity index is 1.69.